The van der Waals surface area contributed by atoms with Crippen molar-refractivity contribution in [1.29, 1.82) is 0 Å². The number of aromatic nitrogens is 2. The van der Waals surface area contributed by atoms with Crippen LogP contribution in [0.15, 0.2) is 4.52 Å². The van der Waals surface area contributed by atoms with Crippen LogP contribution in [-0.2, 0) is 0 Å². The van der Waals surface area contributed by atoms with E-state index in [9.17, 15) is 4.79 Å². The van der Waals surface area contributed by atoms with Gasteiger partial charge in [0.2, 0.25) is 0 Å². The maximum atomic E-state index is 10.9. The molecule has 0 spiro atoms. The van der Waals surface area contributed by atoms with Crippen LogP contribution in [-0.4, -0.2) is 34.7 Å². The van der Waals surface area contributed by atoms with Crippen LogP contribution in [0.2, 0.25) is 0 Å². The largest absolute Gasteiger partial charge is 0.382 e. The average molecular weight is 186 g/mol. The molecule has 0 saturated heterocycles. The first kappa shape index (κ1) is 9.62. The highest BCUT2D eigenvalue weighted by Gasteiger charge is 2.17. The fourth-order valence-electron chi connectivity index (χ4n) is 0.675. The number of rotatable bonds is 3. The van der Waals surface area contributed by atoms with E-state index in [1.165, 1.54) is 7.05 Å². The molecule has 1 atom stereocenters. The fourth-order valence-corrected chi connectivity index (χ4v) is 0.675. The van der Waals surface area contributed by atoms with E-state index in [4.69, 9.17) is 10.8 Å². The van der Waals surface area contributed by atoms with E-state index in [-0.39, 0.29) is 18.3 Å². The number of nitrogens with zero attached hydrogens (tertiary/aromatic N) is 2. The maximum Gasteiger partial charge on any atom is 0.292 e. The first-order valence-corrected chi connectivity index (χ1v) is 3.63. The van der Waals surface area contributed by atoms with Gasteiger partial charge in [0.25, 0.3) is 17.6 Å². The first-order valence-electron chi connectivity index (χ1n) is 3.63. The molecular weight excluding hydrogens is 176 g/mol. The molecule has 1 aromatic heterocycles. The summed E-state index contributed by atoms with van der Waals surface area (Å²) in [5.41, 5.74) is 5.14. The van der Waals surface area contributed by atoms with E-state index >= 15 is 0 Å². The smallest absolute Gasteiger partial charge is 0.292 e. The number of nitrogens with two attached hydrogens (primary N) is 1. The Bertz CT molecular complexity index is 298. The fraction of sp³-hybridized carbons (Fsp3) is 0.500. The third kappa shape index (κ3) is 2.01. The molecule has 1 rings (SSSR count). The summed E-state index contributed by atoms with van der Waals surface area (Å²) < 4.78 is 4.59. The summed E-state index contributed by atoms with van der Waals surface area (Å²) in [5, 5.41) is 14.8. The monoisotopic (exact) mass is 186 g/mol. The molecule has 0 radical (unpaired) electrons. The second kappa shape index (κ2) is 3.97. The van der Waals surface area contributed by atoms with Crippen molar-refractivity contribution >= 4 is 5.91 Å². The molecule has 1 aromatic rings. The molecule has 7 heteroatoms. The Hall–Kier alpha value is -1.47. The lowest BCUT2D eigenvalue weighted by Crippen LogP contribution is -2.19. The van der Waals surface area contributed by atoms with Gasteiger partial charge in [0.15, 0.2) is 0 Å². The van der Waals surface area contributed by atoms with Gasteiger partial charge in [-0.15, -0.1) is 0 Å². The highest BCUT2D eigenvalue weighted by Crippen LogP contribution is 2.07. The lowest BCUT2D eigenvalue weighted by atomic mass is 10.4. The Morgan fingerprint density at radius 3 is 3.08 bits per heavy atom. The summed E-state index contributed by atoms with van der Waals surface area (Å²) in [6.45, 7) is -0.0324. The van der Waals surface area contributed by atoms with Crippen molar-refractivity contribution in [3.05, 3.63) is 11.7 Å². The quantitative estimate of drug-likeness (QED) is 0.525. The summed E-state index contributed by atoms with van der Waals surface area (Å²) in [6.07, 6.45) is -1.02. The SMILES string of the molecule is CNC(=O)c1noc(C(O)CN)n1. The minimum absolute atomic E-state index is 0.0324. The van der Waals surface area contributed by atoms with Gasteiger partial charge >= 0.3 is 0 Å². The van der Waals surface area contributed by atoms with Crippen molar-refractivity contribution in [2.75, 3.05) is 13.6 Å². The number of hydrogen-bond acceptors (Lipinski definition) is 6. The van der Waals surface area contributed by atoms with Crippen LogP contribution in [0.4, 0.5) is 0 Å². The average Bonchev–Trinajstić information content (AvgIpc) is 2.64. The summed E-state index contributed by atoms with van der Waals surface area (Å²) in [7, 11) is 1.44. The number of amides is 1. The molecule has 1 amide bonds. The van der Waals surface area contributed by atoms with E-state index in [1.807, 2.05) is 0 Å². The Balaban J connectivity index is 2.80. The topological polar surface area (TPSA) is 114 Å². The molecule has 0 aliphatic rings. The van der Waals surface area contributed by atoms with E-state index in [1.54, 1.807) is 0 Å². The molecule has 0 fully saturated rings. The molecule has 13 heavy (non-hydrogen) atoms. The van der Waals surface area contributed by atoms with Gasteiger partial charge in [0.05, 0.1) is 0 Å². The second-order valence-electron chi connectivity index (χ2n) is 2.29. The Morgan fingerprint density at radius 2 is 2.54 bits per heavy atom. The number of carbonyl (C=O) groups excluding carboxylic acids is 1. The van der Waals surface area contributed by atoms with E-state index in [2.05, 4.69) is 20.0 Å². The van der Waals surface area contributed by atoms with E-state index in [0.717, 1.165) is 0 Å². The third-order valence-electron chi connectivity index (χ3n) is 1.38. The normalized spacial score (nSPS) is 12.5. The maximum absolute atomic E-state index is 10.9. The molecule has 1 unspecified atom stereocenters. The Labute approximate surface area is 73.9 Å². The van der Waals surface area contributed by atoms with Crippen LogP contribution in [0.1, 0.15) is 22.6 Å². The van der Waals surface area contributed by atoms with Crippen molar-refractivity contribution in [3.63, 3.8) is 0 Å². The minimum atomic E-state index is -1.02. The number of carbonyl (C=O) groups is 1. The minimum Gasteiger partial charge on any atom is -0.382 e. The van der Waals surface area contributed by atoms with E-state index < -0.39 is 12.0 Å². The van der Waals surface area contributed by atoms with Gasteiger partial charge in [-0.3, -0.25) is 4.79 Å². The molecule has 0 aliphatic heterocycles. The summed E-state index contributed by atoms with van der Waals surface area (Å²) in [6, 6.07) is 0. The summed E-state index contributed by atoms with van der Waals surface area (Å²) in [4.78, 5) is 14.6. The molecule has 72 valence electrons. The van der Waals surface area contributed by atoms with Crippen molar-refractivity contribution in [2.24, 2.45) is 5.73 Å². The van der Waals surface area contributed by atoms with Gasteiger partial charge in [0.1, 0.15) is 6.10 Å². The molecule has 7 nitrogen and oxygen atoms in total. The molecule has 0 bridgehead atoms. The Kier molecular flexibility index (Phi) is 2.93. The van der Waals surface area contributed by atoms with Gasteiger partial charge < -0.3 is 20.7 Å². The number of hydrogen-bond donors (Lipinski definition) is 3. The van der Waals surface area contributed by atoms with Gasteiger partial charge in [-0.1, -0.05) is 5.16 Å². The lowest BCUT2D eigenvalue weighted by molar-refractivity contribution is 0.0949. The van der Waals surface area contributed by atoms with E-state index in [0.29, 0.717) is 0 Å². The standard InChI is InChI=1S/C6H10N4O3/c1-8-5(12)4-9-6(13-10-4)3(11)2-7/h3,11H,2,7H2,1H3,(H,8,12). The second-order valence-corrected chi connectivity index (χ2v) is 2.29. The first-order chi connectivity index (χ1) is 6.19. The summed E-state index contributed by atoms with van der Waals surface area (Å²) in [5.74, 6) is -0.648. The van der Waals surface area contributed by atoms with Crippen LogP contribution in [0.25, 0.3) is 0 Å². The number of nitrogens with one attached hydrogen (secondary N) is 1. The number of aliphatic hydroxyl groups excluding tert-OH is 1. The molecule has 1 heterocycles. The molecular formula is C6H10N4O3. The highest BCUT2D eigenvalue weighted by atomic mass is 16.5. The van der Waals surface area contributed by atoms with Crippen LogP contribution >= 0.6 is 0 Å². The van der Waals surface area contributed by atoms with Gasteiger partial charge in [-0.2, -0.15) is 4.98 Å². The highest BCUT2D eigenvalue weighted by molar-refractivity contribution is 5.89. The van der Waals surface area contributed by atoms with Gasteiger partial charge in [0, 0.05) is 13.6 Å². The summed E-state index contributed by atoms with van der Waals surface area (Å²) >= 11 is 0. The molecule has 0 saturated carbocycles. The van der Waals surface area contributed by atoms with Crippen LogP contribution in [0.5, 0.6) is 0 Å². The van der Waals surface area contributed by atoms with Gasteiger partial charge in [-0.25, -0.2) is 0 Å². The predicted octanol–water partition coefficient (Wildman–Crippen LogP) is -1.58. The van der Waals surface area contributed by atoms with Crippen molar-refractivity contribution in [2.45, 2.75) is 6.10 Å². The third-order valence-corrected chi connectivity index (χ3v) is 1.38. The zero-order valence-corrected chi connectivity index (χ0v) is 7.02. The molecule has 0 aromatic carbocycles. The predicted molar refractivity (Wildman–Crippen MR) is 41.7 cm³/mol. The zero-order valence-electron chi connectivity index (χ0n) is 7.02. The Morgan fingerprint density at radius 1 is 1.85 bits per heavy atom. The molecule has 0 aliphatic carbocycles. The van der Waals surface area contributed by atoms with Crippen molar-refractivity contribution in [1.82, 2.24) is 15.5 Å². The lowest BCUT2D eigenvalue weighted by Gasteiger charge is -1.97. The molecule has 4 N–H and O–H groups in total. The van der Waals surface area contributed by atoms with Crippen LogP contribution in [0, 0.1) is 0 Å². The zero-order chi connectivity index (χ0) is 9.84. The van der Waals surface area contributed by atoms with Crippen molar-refractivity contribution < 1.29 is 14.4 Å². The van der Waals surface area contributed by atoms with Crippen LogP contribution < -0.4 is 11.1 Å². The van der Waals surface area contributed by atoms with Gasteiger partial charge in [-0.05, 0) is 0 Å². The number of aliphatic hydroxyl groups is 1. The van der Waals surface area contributed by atoms with Crippen molar-refractivity contribution in [3.8, 4) is 0 Å². The van der Waals surface area contributed by atoms with Crippen LogP contribution in [0.3, 0.4) is 0 Å².